The van der Waals surface area contributed by atoms with E-state index in [4.69, 9.17) is 16.7 Å². The number of rotatable bonds is 6. The van der Waals surface area contributed by atoms with Crippen molar-refractivity contribution in [1.82, 2.24) is 15.0 Å². The highest BCUT2D eigenvalue weighted by Crippen LogP contribution is 2.37. The van der Waals surface area contributed by atoms with Crippen LogP contribution in [0.3, 0.4) is 0 Å². The average Bonchev–Trinajstić information content (AvgIpc) is 2.82. The first kappa shape index (κ1) is 25.3. The van der Waals surface area contributed by atoms with Crippen LogP contribution in [-0.4, -0.2) is 31.3 Å². The highest BCUT2D eigenvalue weighted by Gasteiger charge is 2.20. The molecule has 36 heavy (non-hydrogen) atoms. The van der Waals surface area contributed by atoms with Crippen molar-refractivity contribution in [3.8, 4) is 11.1 Å². The lowest BCUT2D eigenvalue weighted by molar-refractivity contribution is 0.0687. The van der Waals surface area contributed by atoms with Crippen molar-refractivity contribution in [2.75, 3.05) is 10.6 Å². The van der Waals surface area contributed by atoms with Crippen LogP contribution in [0, 0.1) is 12.7 Å². The molecule has 0 bridgehead atoms. The van der Waals surface area contributed by atoms with E-state index in [0.29, 0.717) is 33.1 Å². The molecule has 4 aromatic rings. The lowest BCUT2D eigenvalue weighted by Gasteiger charge is -2.21. The third-order valence-electron chi connectivity index (χ3n) is 5.70. The maximum absolute atomic E-state index is 14.7. The molecule has 4 N–H and O–H groups in total. The molecule has 8 nitrogen and oxygen atoms in total. The lowest BCUT2D eigenvalue weighted by Crippen LogP contribution is -2.19. The van der Waals surface area contributed by atoms with Gasteiger partial charge in [-0.1, -0.05) is 17.7 Å². The zero-order valence-electron chi connectivity index (χ0n) is 20.1. The van der Waals surface area contributed by atoms with Crippen LogP contribution in [-0.2, 0) is 5.60 Å². The number of hydrogen-bond donors (Lipinski definition) is 4. The number of carboxylic acid groups (broad SMARTS) is 1. The molecule has 10 heteroatoms. The molecule has 2 aromatic heterocycles. The van der Waals surface area contributed by atoms with E-state index in [1.165, 1.54) is 18.2 Å². The number of carbonyl (C=O) groups is 1. The van der Waals surface area contributed by atoms with Crippen molar-refractivity contribution in [2.24, 2.45) is 0 Å². The molecule has 0 radical (unpaired) electrons. The number of fused-ring (bicyclic) bond motifs is 1. The van der Waals surface area contributed by atoms with Crippen molar-refractivity contribution in [1.29, 1.82) is 0 Å². The van der Waals surface area contributed by atoms with Crippen molar-refractivity contribution in [2.45, 2.75) is 39.3 Å². The first-order chi connectivity index (χ1) is 16.9. The number of pyridine rings is 1. The maximum atomic E-state index is 14.7. The second kappa shape index (κ2) is 9.67. The van der Waals surface area contributed by atoms with E-state index in [1.807, 2.05) is 18.2 Å². The number of benzene rings is 2. The third kappa shape index (κ3) is 5.22. The molecule has 0 aliphatic heterocycles. The summed E-state index contributed by atoms with van der Waals surface area (Å²) in [4.78, 5) is 24.1. The fraction of sp³-hybridized carbons (Fsp3) is 0.231. The summed E-state index contributed by atoms with van der Waals surface area (Å²) in [7, 11) is 0. The largest absolute Gasteiger partial charge is 0.465 e. The molecule has 2 heterocycles. The van der Waals surface area contributed by atoms with Crippen molar-refractivity contribution in [3.63, 3.8) is 0 Å². The first-order valence-electron chi connectivity index (χ1n) is 11.1. The Balaban J connectivity index is 1.75. The number of aryl methyl sites for hydroxylation is 1. The SMILES string of the molecule is Cc1nc2ccc(-c3cnc(C(C)(C)O)nc3)cc2c(N[C@H](C)c2cc(NC(=O)O)ccc2F)c1Cl. The molecule has 2 aromatic carbocycles. The molecular weight excluding hydrogens is 485 g/mol. The Bertz CT molecular complexity index is 1460. The van der Waals surface area contributed by atoms with Crippen molar-refractivity contribution >= 4 is 40.0 Å². The Morgan fingerprint density at radius 1 is 1.11 bits per heavy atom. The number of nitrogens with one attached hydrogen (secondary N) is 2. The number of hydrogen-bond acceptors (Lipinski definition) is 6. The minimum Gasteiger partial charge on any atom is -0.465 e. The molecular formula is C26H25ClFN5O3. The molecule has 4 rings (SSSR count). The lowest BCUT2D eigenvalue weighted by atomic mass is 10.0. The zero-order valence-corrected chi connectivity index (χ0v) is 20.9. The summed E-state index contributed by atoms with van der Waals surface area (Å²) in [5.41, 5.74) is 2.77. The Labute approximate surface area is 212 Å². The normalized spacial score (nSPS) is 12.4. The van der Waals surface area contributed by atoms with Crippen LogP contribution in [0.4, 0.5) is 20.6 Å². The Hall–Kier alpha value is -3.82. The summed E-state index contributed by atoms with van der Waals surface area (Å²) in [5.74, 6) is -0.174. The van der Waals surface area contributed by atoms with Crippen molar-refractivity contribution < 1.29 is 19.4 Å². The minimum absolute atomic E-state index is 0.256. The van der Waals surface area contributed by atoms with Gasteiger partial charge in [-0.3, -0.25) is 10.3 Å². The van der Waals surface area contributed by atoms with E-state index < -0.39 is 23.6 Å². The van der Waals surface area contributed by atoms with Crippen LogP contribution >= 0.6 is 11.6 Å². The Morgan fingerprint density at radius 3 is 2.44 bits per heavy atom. The summed E-state index contributed by atoms with van der Waals surface area (Å²) < 4.78 is 14.7. The number of amides is 1. The summed E-state index contributed by atoms with van der Waals surface area (Å²) in [5, 5.41) is 25.7. The highest BCUT2D eigenvalue weighted by atomic mass is 35.5. The highest BCUT2D eigenvalue weighted by molar-refractivity contribution is 6.35. The predicted octanol–water partition coefficient (Wildman–Crippen LogP) is 6.28. The molecule has 1 amide bonds. The second-order valence-electron chi connectivity index (χ2n) is 9.00. The molecule has 0 fully saturated rings. The van der Waals surface area contributed by atoms with E-state index in [0.717, 1.165) is 11.1 Å². The van der Waals surface area contributed by atoms with Gasteiger partial charge in [0.1, 0.15) is 11.4 Å². The van der Waals surface area contributed by atoms with Gasteiger partial charge < -0.3 is 15.5 Å². The van der Waals surface area contributed by atoms with Crippen LogP contribution in [0.2, 0.25) is 5.02 Å². The van der Waals surface area contributed by atoms with Crippen LogP contribution in [0.15, 0.2) is 48.8 Å². The first-order valence-corrected chi connectivity index (χ1v) is 11.5. The van der Waals surface area contributed by atoms with Gasteiger partial charge >= 0.3 is 6.09 Å². The van der Waals surface area contributed by atoms with E-state index in [2.05, 4.69) is 25.6 Å². The van der Waals surface area contributed by atoms with Gasteiger partial charge in [-0.25, -0.2) is 19.2 Å². The number of anilines is 2. The number of halogens is 2. The van der Waals surface area contributed by atoms with Crippen LogP contribution in [0.25, 0.3) is 22.0 Å². The average molecular weight is 510 g/mol. The number of nitrogens with zero attached hydrogens (tertiary/aromatic N) is 3. The molecule has 186 valence electrons. The standard InChI is InChI=1S/C26H25ClFN5O3/c1-13(18-10-17(33-25(34)35)6-7-20(18)28)32-23-19-9-15(5-8-21(19)31-14(2)22(23)27)16-11-29-24(30-12-16)26(3,4)36/h5-13,33,36H,1-4H3,(H,31,32)(H,34,35)/t13-/m1/s1. The van der Waals surface area contributed by atoms with E-state index in [1.54, 1.807) is 40.1 Å². The number of aliphatic hydroxyl groups is 1. The second-order valence-corrected chi connectivity index (χ2v) is 9.38. The monoisotopic (exact) mass is 509 g/mol. The predicted molar refractivity (Wildman–Crippen MR) is 138 cm³/mol. The Kier molecular flexibility index (Phi) is 6.79. The molecule has 0 aliphatic rings. The summed E-state index contributed by atoms with van der Waals surface area (Å²) in [6.45, 7) is 6.77. The summed E-state index contributed by atoms with van der Waals surface area (Å²) in [6.07, 6.45) is 2.03. The smallest absolute Gasteiger partial charge is 0.409 e. The van der Waals surface area contributed by atoms with E-state index >= 15 is 0 Å². The van der Waals surface area contributed by atoms with Gasteiger partial charge in [0.15, 0.2) is 5.82 Å². The van der Waals surface area contributed by atoms with Crippen molar-refractivity contribution in [3.05, 3.63) is 76.7 Å². The fourth-order valence-electron chi connectivity index (χ4n) is 3.85. The molecule has 0 spiro atoms. The topological polar surface area (TPSA) is 120 Å². The minimum atomic E-state index is -1.24. The van der Waals surface area contributed by atoms with Crippen LogP contribution in [0.1, 0.15) is 43.9 Å². The summed E-state index contributed by atoms with van der Waals surface area (Å²) >= 11 is 6.65. The quantitative estimate of drug-likeness (QED) is 0.241. The zero-order chi connectivity index (χ0) is 26.2. The van der Waals surface area contributed by atoms with Gasteiger partial charge in [-0.05, 0) is 63.6 Å². The molecule has 1 atom stereocenters. The van der Waals surface area contributed by atoms with Gasteiger partial charge in [0.05, 0.1) is 28.0 Å². The number of aromatic nitrogens is 3. The molecule has 0 aliphatic carbocycles. The van der Waals surface area contributed by atoms with Gasteiger partial charge in [-0.15, -0.1) is 0 Å². The van der Waals surface area contributed by atoms with Gasteiger partial charge in [0.2, 0.25) is 0 Å². The molecule has 0 saturated carbocycles. The third-order valence-corrected chi connectivity index (χ3v) is 6.16. The van der Waals surface area contributed by atoms with Gasteiger partial charge in [0, 0.05) is 34.6 Å². The van der Waals surface area contributed by atoms with E-state index in [9.17, 15) is 14.3 Å². The molecule has 0 saturated heterocycles. The van der Waals surface area contributed by atoms with E-state index in [-0.39, 0.29) is 11.3 Å². The summed E-state index contributed by atoms with van der Waals surface area (Å²) in [6, 6.07) is 9.09. The van der Waals surface area contributed by atoms with Gasteiger partial charge in [0.25, 0.3) is 0 Å². The van der Waals surface area contributed by atoms with Crippen LogP contribution < -0.4 is 10.6 Å². The van der Waals surface area contributed by atoms with Gasteiger partial charge in [-0.2, -0.15) is 0 Å². The van der Waals surface area contributed by atoms with Crippen LogP contribution in [0.5, 0.6) is 0 Å². The Morgan fingerprint density at radius 2 is 1.81 bits per heavy atom. The fourth-order valence-corrected chi connectivity index (χ4v) is 4.05. The molecule has 0 unspecified atom stereocenters. The maximum Gasteiger partial charge on any atom is 0.409 e.